The van der Waals surface area contributed by atoms with E-state index in [9.17, 15) is 4.79 Å². The maximum atomic E-state index is 10.8. The third kappa shape index (κ3) is 2.54. The summed E-state index contributed by atoms with van der Waals surface area (Å²) in [6, 6.07) is 0.553. The van der Waals surface area contributed by atoms with E-state index in [1.165, 1.54) is 0 Å². The maximum Gasteiger partial charge on any atom is 0.317 e. The van der Waals surface area contributed by atoms with Crippen molar-refractivity contribution in [1.29, 1.82) is 0 Å². The van der Waals surface area contributed by atoms with Gasteiger partial charge in [0.2, 0.25) is 0 Å². The predicted molar refractivity (Wildman–Crippen MR) is 57.9 cm³/mol. The van der Waals surface area contributed by atoms with E-state index >= 15 is 0 Å². The molecule has 0 aromatic carbocycles. The van der Waals surface area contributed by atoms with Crippen molar-refractivity contribution in [2.45, 2.75) is 31.8 Å². The Morgan fingerprint density at radius 2 is 2.53 bits per heavy atom. The Morgan fingerprint density at radius 3 is 3.00 bits per heavy atom. The third-order valence-electron chi connectivity index (χ3n) is 2.71. The quantitative estimate of drug-likeness (QED) is 0.831. The molecule has 5 heteroatoms. The molecule has 1 aliphatic rings. The molecule has 4 nitrogen and oxygen atoms in total. The lowest BCUT2D eigenvalue weighted by Gasteiger charge is -2.25. The van der Waals surface area contributed by atoms with Crippen molar-refractivity contribution in [3.05, 3.63) is 16.6 Å². The van der Waals surface area contributed by atoms with Gasteiger partial charge < -0.3 is 5.11 Å². The summed E-state index contributed by atoms with van der Waals surface area (Å²) in [4.78, 5) is 17.0. The summed E-state index contributed by atoms with van der Waals surface area (Å²) in [5.74, 6) is -0.760. The molecule has 0 radical (unpaired) electrons. The Morgan fingerprint density at radius 1 is 1.80 bits per heavy atom. The van der Waals surface area contributed by atoms with Crippen LogP contribution in [0.1, 0.15) is 31.5 Å². The van der Waals surface area contributed by atoms with E-state index in [-0.39, 0.29) is 12.6 Å². The van der Waals surface area contributed by atoms with E-state index in [0.29, 0.717) is 6.04 Å². The minimum absolute atomic E-state index is 0.111. The van der Waals surface area contributed by atoms with Gasteiger partial charge >= 0.3 is 5.97 Å². The first-order valence-electron chi connectivity index (χ1n) is 5.04. The van der Waals surface area contributed by atoms with Crippen LogP contribution in [0.2, 0.25) is 0 Å². The predicted octanol–water partition coefficient (Wildman–Crippen LogP) is 1.75. The third-order valence-corrected chi connectivity index (χ3v) is 3.32. The van der Waals surface area contributed by atoms with Gasteiger partial charge in [-0.15, -0.1) is 11.3 Å². The minimum atomic E-state index is -0.760. The maximum absolute atomic E-state index is 10.8. The summed E-state index contributed by atoms with van der Waals surface area (Å²) in [6.07, 6.45) is 2.23. The summed E-state index contributed by atoms with van der Waals surface area (Å²) in [5.41, 5.74) is 2.77. The summed E-state index contributed by atoms with van der Waals surface area (Å²) in [5, 5.41) is 10.8. The highest BCUT2D eigenvalue weighted by Crippen LogP contribution is 2.33. The molecule has 0 amide bonds. The zero-order chi connectivity index (χ0) is 10.8. The molecule has 1 N–H and O–H groups in total. The molecule has 82 valence electrons. The molecule has 1 aromatic heterocycles. The average Bonchev–Trinajstić information content (AvgIpc) is 2.88. The fraction of sp³-hybridized carbons (Fsp3) is 0.600. The number of carbonyl (C=O) groups is 1. The van der Waals surface area contributed by atoms with Crippen LogP contribution in [-0.2, 0) is 4.79 Å². The molecule has 15 heavy (non-hydrogen) atoms. The van der Waals surface area contributed by atoms with Crippen LogP contribution in [0.3, 0.4) is 0 Å². The minimum Gasteiger partial charge on any atom is -0.480 e. The van der Waals surface area contributed by atoms with Crippen LogP contribution in [0.4, 0.5) is 0 Å². The number of nitrogens with zero attached hydrogens (tertiary/aromatic N) is 2. The van der Waals surface area contributed by atoms with Gasteiger partial charge in [-0.1, -0.05) is 0 Å². The monoisotopic (exact) mass is 226 g/mol. The zero-order valence-electron chi connectivity index (χ0n) is 8.59. The van der Waals surface area contributed by atoms with E-state index in [1.807, 2.05) is 17.2 Å². The first-order valence-corrected chi connectivity index (χ1v) is 5.98. The smallest absolute Gasteiger partial charge is 0.317 e. The van der Waals surface area contributed by atoms with Gasteiger partial charge in [-0.3, -0.25) is 9.69 Å². The van der Waals surface area contributed by atoms with Crippen LogP contribution in [0.15, 0.2) is 10.9 Å². The number of carboxylic acids is 1. The van der Waals surface area contributed by atoms with Gasteiger partial charge in [0.05, 0.1) is 23.8 Å². The number of hydrogen-bond donors (Lipinski definition) is 1. The average molecular weight is 226 g/mol. The van der Waals surface area contributed by atoms with Crippen LogP contribution < -0.4 is 0 Å². The molecule has 0 spiro atoms. The normalized spacial score (nSPS) is 18.0. The van der Waals surface area contributed by atoms with Crippen LogP contribution in [-0.4, -0.2) is 33.5 Å². The molecule has 0 aliphatic heterocycles. The SMILES string of the molecule is CC(c1cscn1)N(CC(=O)O)C1CC1. The molecular weight excluding hydrogens is 212 g/mol. The van der Waals surface area contributed by atoms with Gasteiger partial charge in [0.25, 0.3) is 0 Å². The molecular formula is C10H14N2O2S. The molecule has 1 aromatic rings. The van der Waals surface area contributed by atoms with Crippen molar-refractivity contribution in [3.63, 3.8) is 0 Å². The molecule has 0 bridgehead atoms. The number of aromatic nitrogens is 1. The van der Waals surface area contributed by atoms with Gasteiger partial charge in [0.1, 0.15) is 0 Å². The first-order chi connectivity index (χ1) is 7.18. The number of rotatable bonds is 5. The Hall–Kier alpha value is -0.940. The molecule has 1 aliphatic carbocycles. The number of aliphatic carboxylic acids is 1. The standard InChI is InChI=1S/C10H14N2O2S/c1-7(9-5-15-6-11-9)12(4-10(13)14)8-2-3-8/h5-8H,2-4H2,1H3,(H,13,14). The van der Waals surface area contributed by atoms with Crippen LogP contribution in [0.25, 0.3) is 0 Å². The zero-order valence-corrected chi connectivity index (χ0v) is 9.41. The highest BCUT2D eigenvalue weighted by molar-refractivity contribution is 7.07. The van der Waals surface area contributed by atoms with Crippen LogP contribution in [0, 0.1) is 0 Å². The van der Waals surface area contributed by atoms with E-state index in [0.717, 1.165) is 18.5 Å². The molecule has 1 saturated carbocycles. The van der Waals surface area contributed by atoms with Crippen molar-refractivity contribution in [1.82, 2.24) is 9.88 Å². The lowest BCUT2D eigenvalue weighted by molar-refractivity contribution is -0.139. The Bertz CT molecular complexity index is 335. The van der Waals surface area contributed by atoms with Gasteiger partial charge in [0.15, 0.2) is 0 Å². The Labute approximate surface area is 92.6 Å². The molecule has 0 saturated heterocycles. The first kappa shape index (κ1) is 10.6. The van der Waals surface area contributed by atoms with E-state index < -0.39 is 5.97 Å². The van der Waals surface area contributed by atoms with E-state index in [1.54, 1.807) is 16.8 Å². The highest BCUT2D eigenvalue weighted by atomic mass is 32.1. The van der Waals surface area contributed by atoms with Crippen molar-refractivity contribution >= 4 is 17.3 Å². The second kappa shape index (κ2) is 4.28. The Kier molecular flexibility index (Phi) is 3.02. The molecule has 1 atom stereocenters. The van der Waals surface area contributed by atoms with Gasteiger partial charge in [0, 0.05) is 11.4 Å². The van der Waals surface area contributed by atoms with Crippen molar-refractivity contribution in [3.8, 4) is 0 Å². The van der Waals surface area contributed by atoms with E-state index in [4.69, 9.17) is 5.11 Å². The van der Waals surface area contributed by atoms with Crippen molar-refractivity contribution < 1.29 is 9.90 Å². The number of carboxylic acid groups (broad SMARTS) is 1. The van der Waals surface area contributed by atoms with Crippen molar-refractivity contribution in [2.24, 2.45) is 0 Å². The summed E-state index contributed by atoms with van der Waals surface area (Å²) in [6.45, 7) is 2.14. The van der Waals surface area contributed by atoms with Gasteiger partial charge in [-0.2, -0.15) is 0 Å². The van der Waals surface area contributed by atoms with Crippen LogP contribution >= 0.6 is 11.3 Å². The summed E-state index contributed by atoms with van der Waals surface area (Å²) >= 11 is 1.55. The van der Waals surface area contributed by atoms with Crippen LogP contribution in [0.5, 0.6) is 0 Å². The van der Waals surface area contributed by atoms with Gasteiger partial charge in [-0.25, -0.2) is 4.98 Å². The Balaban J connectivity index is 2.07. The highest BCUT2D eigenvalue weighted by Gasteiger charge is 2.34. The molecule has 1 heterocycles. The molecule has 1 unspecified atom stereocenters. The van der Waals surface area contributed by atoms with Gasteiger partial charge in [-0.05, 0) is 19.8 Å². The second-order valence-corrected chi connectivity index (χ2v) is 4.61. The fourth-order valence-corrected chi connectivity index (χ4v) is 2.38. The topological polar surface area (TPSA) is 53.4 Å². The lowest BCUT2D eigenvalue weighted by Crippen LogP contribution is -2.34. The number of hydrogen-bond acceptors (Lipinski definition) is 4. The molecule has 1 fully saturated rings. The lowest BCUT2D eigenvalue weighted by atomic mass is 10.2. The number of thiazole rings is 1. The fourth-order valence-electron chi connectivity index (χ4n) is 1.74. The van der Waals surface area contributed by atoms with E-state index in [2.05, 4.69) is 4.98 Å². The molecule has 2 rings (SSSR count). The van der Waals surface area contributed by atoms with Crippen molar-refractivity contribution in [2.75, 3.05) is 6.54 Å². The summed E-state index contributed by atoms with van der Waals surface area (Å²) in [7, 11) is 0. The summed E-state index contributed by atoms with van der Waals surface area (Å²) < 4.78 is 0. The second-order valence-electron chi connectivity index (χ2n) is 3.89. The largest absolute Gasteiger partial charge is 0.480 e.